The molecule has 0 radical (unpaired) electrons. The van der Waals surface area contributed by atoms with Crippen LogP contribution >= 0.6 is 11.6 Å². The molecule has 9 heteroatoms. The molecule has 2 N–H and O–H groups in total. The summed E-state index contributed by atoms with van der Waals surface area (Å²) < 4.78 is 15.3. The lowest BCUT2D eigenvalue weighted by atomic mass is 10.2. The Morgan fingerprint density at radius 3 is 2.48 bits per heavy atom. The Balaban J connectivity index is 2.11. The van der Waals surface area contributed by atoms with Crippen molar-refractivity contribution in [1.82, 2.24) is 10.2 Å². The number of carbonyl (C=O) groups is 1. The van der Waals surface area contributed by atoms with Gasteiger partial charge in [0.2, 0.25) is 0 Å². The summed E-state index contributed by atoms with van der Waals surface area (Å²) in [7, 11) is 4.58. The van der Waals surface area contributed by atoms with Crippen LogP contribution in [0.3, 0.4) is 0 Å². The lowest BCUT2D eigenvalue weighted by molar-refractivity contribution is 0.102. The fourth-order valence-corrected chi connectivity index (χ4v) is 2.20. The fourth-order valence-electron chi connectivity index (χ4n) is 1.97. The number of nitrogens with one attached hydrogen (secondary N) is 2. The van der Waals surface area contributed by atoms with Crippen LogP contribution in [0, 0.1) is 0 Å². The zero-order chi connectivity index (χ0) is 18.2. The first kappa shape index (κ1) is 18.8. The molecule has 0 saturated heterocycles. The smallest absolute Gasteiger partial charge is 0.276 e. The number of halogens is 1. The van der Waals surface area contributed by atoms with Crippen molar-refractivity contribution in [2.45, 2.75) is 0 Å². The molecule has 0 bridgehead atoms. The summed E-state index contributed by atoms with van der Waals surface area (Å²) in [6.45, 7) is 1.14. The number of benzene rings is 1. The summed E-state index contributed by atoms with van der Waals surface area (Å²) in [4.78, 5) is 12.4. The van der Waals surface area contributed by atoms with Gasteiger partial charge in [-0.05, 0) is 12.1 Å². The number of anilines is 2. The quantitative estimate of drug-likeness (QED) is 0.693. The average Bonchev–Trinajstić information content (AvgIpc) is 2.63. The van der Waals surface area contributed by atoms with Gasteiger partial charge in [-0.1, -0.05) is 11.6 Å². The minimum atomic E-state index is -0.432. The topological polar surface area (TPSA) is 94.6 Å². The maximum atomic E-state index is 12.4. The van der Waals surface area contributed by atoms with Crippen molar-refractivity contribution < 1.29 is 19.0 Å². The van der Waals surface area contributed by atoms with E-state index < -0.39 is 5.91 Å². The lowest BCUT2D eigenvalue weighted by Crippen LogP contribution is -2.16. The highest BCUT2D eigenvalue weighted by Crippen LogP contribution is 2.35. The van der Waals surface area contributed by atoms with E-state index in [4.69, 9.17) is 25.8 Å². The fraction of sp³-hybridized carbons (Fsp3) is 0.312. The minimum absolute atomic E-state index is 0.160. The van der Waals surface area contributed by atoms with E-state index in [1.54, 1.807) is 31.4 Å². The van der Waals surface area contributed by atoms with Crippen LogP contribution in [0.1, 0.15) is 10.5 Å². The molecule has 0 atom stereocenters. The van der Waals surface area contributed by atoms with E-state index in [0.717, 1.165) is 0 Å². The molecule has 134 valence electrons. The zero-order valence-electron chi connectivity index (χ0n) is 14.1. The second-order valence-corrected chi connectivity index (χ2v) is 5.27. The van der Waals surface area contributed by atoms with E-state index in [9.17, 15) is 4.79 Å². The molecule has 8 nitrogen and oxygen atoms in total. The third-order valence-electron chi connectivity index (χ3n) is 3.23. The van der Waals surface area contributed by atoms with E-state index in [1.165, 1.54) is 14.2 Å². The molecule has 0 fully saturated rings. The van der Waals surface area contributed by atoms with E-state index in [0.29, 0.717) is 41.2 Å². The number of methoxy groups -OCH3 is 3. The van der Waals surface area contributed by atoms with Crippen LogP contribution < -0.4 is 20.1 Å². The van der Waals surface area contributed by atoms with Crippen molar-refractivity contribution >= 4 is 29.0 Å². The predicted octanol–water partition coefficient (Wildman–Crippen LogP) is 2.46. The molecule has 1 heterocycles. The van der Waals surface area contributed by atoms with Gasteiger partial charge in [-0.3, -0.25) is 4.79 Å². The Kier molecular flexibility index (Phi) is 6.79. The van der Waals surface area contributed by atoms with Gasteiger partial charge in [0.1, 0.15) is 17.3 Å². The Labute approximate surface area is 150 Å². The van der Waals surface area contributed by atoms with E-state index in [2.05, 4.69) is 20.8 Å². The molecule has 1 amide bonds. The molecular weight excluding hydrogens is 348 g/mol. The standard InChI is InChI=1S/C16H19ClN4O4/c1-23-7-6-18-15-5-4-11(20-21-15)16(22)19-12-9-13(24-2)10(17)8-14(12)25-3/h4-5,8-9H,6-7H2,1-3H3,(H,18,21)(H,19,22). The summed E-state index contributed by atoms with van der Waals surface area (Å²) >= 11 is 6.05. The zero-order valence-corrected chi connectivity index (χ0v) is 14.9. The minimum Gasteiger partial charge on any atom is -0.495 e. The van der Waals surface area contributed by atoms with Gasteiger partial charge >= 0.3 is 0 Å². The highest BCUT2D eigenvalue weighted by molar-refractivity contribution is 6.32. The third-order valence-corrected chi connectivity index (χ3v) is 3.53. The Hall–Kier alpha value is -2.58. The number of amides is 1. The summed E-state index contributed by atoms with van der Waals surface area (Å²) in [5, 5.41) is 14.0. The molecule has 2 rings (SSSR count). The predicted molar refractivity (Wildman–Crippen MR) is 94.9 cm³/mol. The molecule has 0 aliphatic heterocycles. The van der Waals surface area contributed by atoms with Gasteiger partial charge in [0, 0.05) is 25.8 Å². The lowest BCUT2D eigenvalue weighted by Gasteiger charge is -2.13. The molecule has 2 aromatic rings. The number of ether oxygens (including phenoxy) is 3. The molecule has 1 aromatic carbocycles. The van der Waals surface area contributed by atoms with Crippen LogP contribution in [0.5, 0.6) is 11.5 Å². The van der Waals surface area contributed by atoms with Crippen LogP contribution in [0.15, 0.2) is 24.3 Å². The van der Waals surface area contributed by atoms with Crippen LogP contribution in [-0.4, -0.2) is 50.6 Å². The monoisotopic (exact) mass is 366 g/mol. The molecule has 25 heavy (non-hydrogen) atoms. The molecule has 0 saturated carbocycles. The Morgan fingerprint density at radius 2 is 1.88 bits per heavy atom. The number of hydrogen-bond donors (Lipinski definition) is 2. The van der Waals surface area contributed by atoms with E-state index in [-0.39, 0.29) is 5.69 Å². The van der Waals surface area contributed by atoms with Crippen LogP contribution in [0.2, 0.25) is 5.02 Å². The van der Waals surface area contributed by atoms with Gasteiger partial charge in [-0.25, -0.2) is 0 Å². The second kappa shape index (κ2) is 9.05. The highest BCUT2D eigenvalue weighted by Gasteiger charge is 2.15. The van der Waals surface area contributed by atoms with Gasteiger partial charge in [0.15, 0.2) is 5.69 Å². The van der Waals surface area contributed by atoms with Crippen molar-refractivity contribution in [3.05, 3.63) is 35.0 Å². The average molecular weight is 367 g/mol. The van der Waals surface area contributed by atoms with Crippen molar-refractivity contribution in [3.63, 3.8) is 0 Å². The van der Waals surface area contributed by atoms with Crippen LogP contribution in [-0.2, 0) is 4.74 Å². The third kappa shape index (κ3) is 4.94. The molecule has 0 spiro atoms. The second-order valence-electron chi connectivity index (χ2n) is 4.86. The SMILES string of the molecule is COCCNc1ccc(C(=O)Nc2cc(OC)c(Cl)cc2OC)nn1. The highest BCUT2D eigenvalue weighted by atomic mass is 35.5. The number of hydrogen-bond acceptors (Lipinski definition) is 7. The van der Waals surface area contributed by atoms with Crippen LogP contribution in [0.4, 0.5) is 11.5 Å². The number of nitrogens with zero attached hydrogens (tertiary/aromatic N) is 2. The molecule has 0 unspecified atom stereocenters. The van der Waals surface area contributed by atoms with Gasteiger partial charge in [-0.15, -0.1) is 10.2 Å². The van der Waals surface area contributed by atoms with Gasteiger partial charge in [0.25, 0.3) is 5.91 Å². The normalized spacial score (nSPS) is 10.2. The van der Waals surface area contributed by atoms with Gasteiger partial charge in [-0.2, -0.15) is 0 Å². The molecule has 0 aliphatic rings. The number of rotatable bonds is 8. The van der Waals surface area contributed by atoms with E-state index >= 15 is 0 Å². The maximum absolute atomic E-state index is 12.4. The summed E-state index contributed by atoms with van der Waals surface area (Å²) in [6, 6.07) is 6.37. The van der Waals surface area contributed by atoms with Crippen molar-refractivity contribution in [1.29, 1.82) is 0 Å². The summed E-state index contributed by atoms with van der Waals surface area (Å²) in [5.41, 5.74) is 0.575. The first-order valence-electron chi connectivity index (χ1n) is 7.38. The van der Waals surface area contributed by atoms with E-state index in [1.807, 2.05) is 0 Å². The first-order chi connectivity index (χ1) is 12.1. The summed E-state index contributed by atoms with van der Waals surface area (Å²) in [5.74, 6) is 0.949. The van der Waals surface area contributed by atoms with Crippen molar-refractivity contribution in [3.8, 4) is 11.5 Å². The number of aromatic nitrogens is 2. The largest absolute Gasteiger partial charge is 0.495 e. The Morgan fingerprint density at radius 1 is 1.12 bits per heavy atom. The Bertz CT molecular complexity index is 725. The molecule has 0 aliphatic carbocycles. The molecule has 1 aromatic heterocycles. The maximum Gasteiger partial charge on any atom is 0.276 e. The first-order valence-corrected chi connectivity index (χ1v) is 7.76. The van der Waals surface area contributed by atoms with Gasteiger partial charge < -0.3 is 24.8 Å². The molecular formula is C16H19ClN4O4. The van der Waals surface area contributed by atoms with Crippen molar-refractivity contribution in [2.75, 3.05) is 45.1 Å². The number of carbonyl (C=O) groups excluding carboxylic acids is 1. The van der Waals surface area contributed by atoms with Gasteiger partial charge in [0.05, 0.1) is 31.5 Å². The van der Waals surface area contributed by atoms with Crippen LogP contribution in [0.25, 0.3) is 0 Å². The van der Waals surface area contributed by atoms with Crippen molar-refractivity contribution in [2.24, 2.45) is 0 Å². The summed E-state index contributed by atoms with van der Waals surface area (Å²) in [6.07, 6.45) is 0.